The molecule has 144 valence electrons. The number of carbonyl (C=O) groups is 1. The summed E-state index contributed by atoms with van der Waals surface area (Å²) >= 11 is 0. The molecule has 2 aromatic heterocycles. The van der Waals surface area contributed by atoms with Crippen LogP contribution in [0.4, 0.5) is 0 Å². The summed E-state index contributed by atoms with van der Waals surface area (Å²) in [6, 6.07) is 16.4. The first-order valence-electron chi connectivity index (χ1n) is 9.32. The third kappa shape index (κ3) is 4.85. The van der Waals surface area contributed by atoms with Crippen molar-refractivity contribution in [2.24, 2.45) is 0 Å². The highest BCUT2D eigenvalue weighted by Gasteiger charge is 2.13. The highest BCUT2D eigenvalue weighted by molar-refractivity contribution is 5.94. The van der Waals surface area contributed by atoms with Crippen LogP contribution in [0.2, 0.25) is 0 Å². The Kier molecular flexibility index (Phi) is 6.57. The van der Waals surface area contributed by atoms with Crippen molar-refractivity contribution in [1.82, 2.24) is 15.3 Å². The lowest BCUT2D eigenvalue weighted by Crippen LogP contribution is -2.29. The number of pyridine rings is 2. The van der Waals surface area contributed by atoms with Gasteiger partial charge in [-0.1, -0.05) is 49.7 Å². The highest BCUT2D eigenvalue weighted by atomic mass is 16.5. The van der Waals surface area contributed by atoms with E-state index in [1.165, 1.54) is 0 Å². The fourth-order valence-electron chi connectivity index (χ4n) is 2.71. The number of hydrogen-bond acceptors (Lipinski definition) is 4. The van der Waals surface area contributed by atoms with E-state index in [0.717, 1.165) is 24.0 Å². The van der Waals surface area contributed by atoms with Gasteiger partial charge in [-0.05, 0) is 30.2 Å². The zero-order valence-corrected chi connectivity index (χ0v) is 15.8. The SMILES string of the molecule is CCCCOc1ncccc1CNC(=O)c1ccc(-c2ccccc2)[nH]c1=O. The summed E-state index contributed by atoms with van der Waals surface area (Å²) in [7, 11) is 0. The van der Waals surface area contributed by atoms with E-state index < -0.39 is 11.5 Å². The Labute approximate surface area is 163 Å². The van der Waals surface area contributed by atoms with Crippen LogP contribution in [-0.2, 0) is 6.54 Å². The molecule has 3 rings (SSSR count). The van der Waals surface area contributed by atoms with Crippen molar-refractivity contribution in [2.75, 3.05) is 6.61 Å². The van der Waals surface area contributed by atoms with E-state index in [1.807, 2.05) is 36.4 Å². The molecule has 0 atom stereocenters. The average Bonchev–Trinajstić information content (AvgIpc) is 2.73. The minimum Gasteiger partial charge on any atom is -0.477 e. The molecule has 0 aliphatic carbocycles. The molecule has 0 saturated heterocycles. The fourth-order valence-corrected chi connectivity index (χ4v) is 2.71. The van der Waals surface area contributed by atoms with Gasteiger partial charge in [-0.25, -0.2) is 4.98 Å². The van der Waals surface area contributed by atoms with Crippen molar-refractivity contribution in [3.05, 3.63) is 82.3 Å². The van der Waals surface area contributed by atoms with Crippen LogP contribution in [0.3, 0.4) is 0 Å². The van der Waals surface area contributed by atoms with Crippen molar-refractivity contribution >= 4 is 5.91 Å². The van der Waals surface area contributed by atoms with Gasteiger partial charge in [-0.3, -0.25) is 9.59 Å². The number of unbranched alkanes of at least 4 members (excludes halogenated alkanes) is 1. The lowest BCUT2D eigenvalue weighted by atomic mass is 10.1. The third-order valence-electron chi connectivity index (χ3n) is 4.26. The predicted molar refractivity (Wildman–Crippen MR) is 108 cm³/mol. The molecule has 0 saturated carbocycles. The number of aromatic amines is 1. The second-order valence-corrected chi connectivity index (χ2v) is 6.33. The Balaban J connectivity index is 1.68. The van der Waals surface area contributed by atoms with Gasteiger partial charge in [-0.15, -0.1) is 0 Å². The van der Waals surface area contributed by atoms with Crippen LogP contribution in [0.15, 0.2) is 65.6 Å². The van der Waals surface area contributed by atoms with Gasteiger partial charge in [-0.2, -0.15) is 0 Å². The summed E-state index contributed by atoms with van der Waals surface area (Å²) in [4.78, 5) is 31.8. The Morgan fingerprint density at radius 1 is 1.11 bits per heavy atom. The largest absolute Gasteiger partial charge is 0.477 e. The average molecular weight is 377 g/mol. The minimum absolute atomic E-state index is 0.0667. The van der Waals surface area contributed by atoms with Crippen molar-refractivity contribution < 1.29 is 9.53 Å². The van der Waals surface area contributed by atoms with Crippen LogP contribution >= 0.6 is 0 Å². The Morgan fingerprint density at radius 2 is 1.93 bits per heavy atom. The molecular formula is C22H23N3O3. The Morgan fingerprint density at radius 3 is 2.68 bits per heavy atom. The molecule has 1 amide bonds. The van der Waals surface area contributed by atoms with Crippen LogP contribution in [0.25, 0.3) is 11.3 Å². The van der Waals surface area contributed by atoms with Gasteiger partial charge < -0.3 is 15.0 Å². The van der Waals surface area contributed by atoms with Crippen molar-refractivity contribution in [2.45, 2.75) is 26.3 Å². The number of rotatable bonds is 8. The maximum absolute atomic E-state index is 12.5. The Hall–Kier alpha value is -3.41. The van der Waals surface area contributed by atoms with Crippen LogP contribution in [0.1, 0.15) is 35.7 Å². The number of aromatic nitrogens is 2. The molecule has 0 spiro atoms. The van der Waals surface area contributed by atoms with E-state index in [1.54, 1.807) is 24.4 Å². The number of nitrogens with one attached hydrogen (secondary N) is 2. The van der Waals surface area contributed by atoms with Gasteiger partial charge >= 0.3 is 0 Å². The molecule has 0 aliphatic rings. The van der Waals surface area contributed by atoms with Crippen LogP contribution < -0.4 is 15.6 Å². The normalized spacial score (nSPS) is 10.5. The van der Waals surface area contributed by atoms with Gasteiger partial charge in [0.2, 0.25) is 5.88 Å². The second-order valence-electron chi connectivity index (χ2n) is 6.33. The van der Waals surface area contributed by atoms with Crippen LogP contribution in [0, 0.1) is 0 Å². The van der Waals surface area contributed by atoms with E-state index >= 15 is 0 Å². The summed E-state index contributed by atoms with van der Waals surface area (Å²) in [5.74, 6) is 0.0637. The first-order valence-corrected chi connectivity index (χ1v) is 9.32. The maximum Gasteiger partial charge on any atom is 0.261 e. The van der Waals surface area contributed by atoms with Gasteiger partial charge in [0.1, 0.15) is 5.56 Å². The van der Waals surface area contributed by atoms with Gasteiger partial charge in [0.05, 0.1) is 6.61 Å². The van der Waals surface area contributed by atoms with Crippen LogP contribution in [-0.4, -0.2) is 22.5 Å². The number of nitrogens with zero attached hydrogens (tertiary/aromatic N) is 1. The summed E-state index contributed by atoms with van der Waals surface area (Å²) in [5, 5.41) is 2.77. The number of hydrogen-bond donors (Lipinski definition) is 2. The van der Waals surface area contributed by atoms with E-state index in [4.69, 9.17) is 4.74 Å². The molecule has 0 aliphatic heterocycles. The second kappa shape index (κ2) is 9.50. The summed E-state index contributed by atoms with van der Waals surface area (Å²) in [5.41, 5.74) is 1.96. The van der Waals surface area contributed by atoms with Crippen molar-refractivity contribution in [3.8, 4) is 17.1 Å². The minimum atomic E-state index is -0.441. The Bertz CT molecular complexity index is 984. The summed E-state index contributed by atoms with van der Waals surface area (Å²) in [6.07, 6.45) is 3.62. The molecule has 0 unspecified atom stereocenters. The monoisotopic (exact) mass is 377 g/mol. The predicted octanol–water partition coefficient (Wildman–Crippen LogP) is 3.55. The zero-order valence-electron chi connectivity index (χ0n) is 15.8. The molecule has 1 aromatic carbocycles. The molecule has 6 heteroatoms. The molecule has 2 heterocycles. The van der Waals surface area contributed by atoms with E-state index in [0.29, 0.717) is 18.2 Å². The summed E-state index contributed by atoms with van der Waals surface area (Å²) in [6.45, 7) is 2.90. The molecule has 28 heavy (non-hydrogen) atoms. The smallest absolute Gasteiger partial charge is 0.261 e. The number of ether oxygens (including phenoxy) is 1. The van der Waals surface area contributed by atoms with Crippen LogP contribution in [0.5, 0.6) is 5.88 Å². The highest BCUT2D eigenvalue weighted by Crippen LogP contribution is 2.16. The van der Waals surface area contributed by atoms with E-state index in [2.05, 4.69) is 22.2 Å². The number of amides is 1. The maximum atomic E-state index is 12.5. The lowest BCUT2D eigenvalue weighted by molar-refractivity contribution is 0.0949. The lowest BCUT2D eigenvalue weighted by Gasteiger charge is -2.11. The van der Waals surface area contributed by atoms with Gasteiger partial charge in [0.25, 0.3) is 11.5 Å². The van der Waals surface area contributed by atoms with Crippen molar-refractivity contribution in [1.29, 1.82) is 0 Å². The van der Waals surface area contributed by atoms with Gasteiger partial charge in [0.15, 0.2) is 0 Å². The zero-order chi connectivity index (χ0) is 19.8. The molecule has 0 bridgehead atoms. The number of benzene rings is 1. The number of carbonyl (C=O) groups excluding carboxylic acids is 1. The van der Waals surface area contributed by atoms with E-state index in [-0.39, 0.29) is 12.1 Å². The standard InChI is InChI=1S/C22H23N3O3/c1-2-3-14-28-22-17(10-7-13-23-22)15-24-20(26)18-11-12-19(25-21(18)27)16-8-5-4-6-9-16/h4-13H,2-3,14-15H2,1H3,(H,24,26)(H,25,27). The first kappa shape index (κ1) is 19.4. The molecule has 3 aromatic rings. The molecule has 6 nitrogen and oxygen atoms in total. The van der Waals surface area contributed by atoms with Crippen molar-refractivity contribution in [3.63, 3.8) is 0 Å². The van der Waals surface area contributed by atoms with E-state index in [9.17, 15) is 9.59 Å². The van der Waals surface area contributed by atoms with Gasteiger partial charge in [0, 0.05) is 24.0 Å². The fraction of sp³-hybridized carbons (Fsp3) is 0.227. The quantitative estimate of drug-likeness (QED) is 0.588. The molecule has 0 fully saturated rings. The molecular weight excluding hydrogens is 354 g/mol. The molecule has 2 N–H and O–H groups in total. The third-order valence-corrected chi connectivity index (χ3v) is 4.26. The number of H-pyrrole nitrogens is 1. The topological polar surface area (TPSA) is 84.1 Å². The summed E-state index contributed by atoms with van der Waals surface area (Å²) < 4.78 is 5.67. The first-order chi connectivity index (χ1) is 13.7. The molecule has 0 radical (unpaired) electrons.